The fraction of sp³-hybridized carbons (Fsp3) is 0.500. The normalized spacial score (nSPS) is 32.3. The summed E-state index contributed by atoms with van der Waals surface area (Å²) in [5.74, 6) is -0.579. The first kappa shape index (κ1) is 14.1. The number of carbonyl (C=O) groups excluding carboxylic acids is 2. The summed E-state index contributed by atoms with van der Waals surface area (Å²) < 4.78 is 10.8. The van der Waals surface area contributed by atoms with Crippen molar-refractivity contribution in [3.63, 3.8) is 0 Å². The number of amides is 1. The second kappa shape index (κ2) is 4.07. The molecule has 2 aliphatic rings. The van der Waals surface area contributed by atoms with E-state index in [1.54, 1.807) is 12.1 Å². The SMILES string of the molecule is COC(=O)[C@]1([C@]2(OC)NC(=O)c3ccccc32)CC1(C)C. The predicted octanol–water partition coefficient (Wildman–Crippen LogP) is 1.82. The average molecular weight is 289 g/mol. The van der Waals surface area contributed by atoms with Crippen molar-refractivity contribution in [2.75, 3.05) is 14.2 Å². The van der Waals surface area contributed by atoms with Gasteiger partial charge in [-0.2, -0.15) is 0 Å². The maximum absolute atomic E-state index is 12.5. The largest absolute Gasteiger partial charge is 0.468 e. The van der Waals surface area contributed by atoms with E-state index in [4.69, 9.17) is 9.47 Å². The summed E-state index contributed by atoms with van der Waals surface area (Å²) in [6, 6.07) is 7.21. The van der Waals surface area contributed by atoms with Crippen molar-refractivity contribution in [1.29, 1.82) is 0 Å². The smallest absolute Gasteiger partial charge is 0.317 e. The molecule has 0 aromatic heterocycles. The monoisotopic (exact) mass is 289 g/mol. The Kier molecular flexibility index (Phi) is 2.73. The van der Waals surface area contributed by atoms with Gasteiger partial charge >= 0.3 is 5.97 Å². The van der Waals surface area contributed by atoms with Crippen molar-refractivity contribution in [3.8, 4) is 0 Å². The van der Waals surface area contributed by atoms with Crippen LogP contribution in [0.5, 0.6) is 0 Å². The lowest BCUT2D eigenvalue weighted by Gasteiger charge is -2.38. The van der Waals surface area contributed by atoms with Crippen LogP contribution in [0.2, 0.25) is 0 Å². The van der Waals surface area contributed by atoms with E-state index in [2.05, 4.69) is 5.32 Å². The van der Waals surface area contributed by atoms with Gasteiger partial charge in [0.25, 0.3) is 5.91 Å². The van der Waals surface area contributed by atoms with Crippen molar-refractivity contribution < 1.29 is 19.1 Å². The Bertz CT molecular complexity index is 639. The Labute approximate surface area is 123 Å². The predicted molar refractivity (Wildman–Crippen MR) is 75.4 cm³/mol. The summed E-state index contributed by atoms with van der Waals surface area (Å²) in [5, 5.41) is 2.89. The van der Waals surface area contributed by atoms with Crippen LogP contribution in [0.25, 0.3) is 0 Å². The van der Waals surface area contributed by atoms with Crippen LogP contribution in [0.3, 0.4) is 0 Å². The summed E-state index contributed by atoms with van der Waals surface area (Å²) in [6.45, 7) is 3.97. The molecule has 0 bridgehead atoms. The molecule has 1 aromatic rings. The zero-order valence-corrected chi connectivity index (χ0v) is 12.6. The van der Waals surface area contributed by atoms with Gasteiger partial charge in [-0.25, -0.2) is 0 Å². The molecule has 1 aromatic carbocycles. The first-order chi connectivity index (χ1) is 9.86. The molecule has 0 saturated heterocycles. The third-order valence-electron chi connectivity index (χ3n) is 5.02. The van der Waals surface area contributed by atoms with Gasteiger partial charge in [0.05, 0.1) is 7.11 Å². The van der Waals surface area contributed by atoms with Crippen molar-refractivity contribution in [3.05, 3.63) is 35.4 Å². The Morgan fingerprint density at radius 1 is 1.24 bits per heavy atom. The van der Waals surface area contributed by atoms with Gasteiger partial charge in [0.15, 0.2) is 5.72 Å². The van der Waals surface area contributed by atoms with E-state index < -0.39 is 11.1 Å². The number of rotatable bonds is 3. The second-order valence-electron chi connectivity index (χ2n) is 6.34. The summed E-state index contributed by atoms with van der Waals surface area (Å²) in [5.41, 5.74) is -1.15. The number of ether oxygens (including phenoxy) is 2. The topological polar surface area (TPSA) is 64.6 Å². The molecule has 5 nitrogen and oxygen atoms in total. The zero-order chi connectivity index (χ0) is 15.5. The van der Waals surface area contributed by atoms with E-state index in [-0.39, 0.29) is 17.3 Å². The van der Waals surface area contributed by atoms with Gasteiger partial charge in [-0.1, -0.05) is 32.0 Å². The third kappa shape index (κ3) is 1.44. The van der Waals surface area contributed by atoms with Crippen molar-refractivity contribution >= 4 is 11.9 Å². The maximum atomic E-state index is 12.5. The molecule has 21 heavy (non-hydrogen) atoms. The molecule has 1 aliphatic carbocycles. The van der Waals surface area contributed by atoms with E-state index in [1.807, 2.05) is 26.0 Å². The van der Waals surface area contributed by atoms with E-state index in [1.165, 1.54) is 14.2 Å². The Hall–Kier alpha value is -1.88. The number of fused-ring (bicyclic) bond motifs is 1. The molecule has 3 rings (SSSR count). The van der Waals surface area contributed by atoms with Crippen molar-refractivity contribution in [1.82, 2.24) is 5.32 Å². The van der Waals surface area contributed by atoms with Gasteiger partial charge in [0, 0.05) is 18.2 Å². The van der Waals surface area contributed by atoms with Crippen LogP contribution in [0.15, 0.2) is 24.3 Å². The van der Waals surface area contributed by atoms with Gasteiger partial charge < -0.3 is 14.8 Å². The van der Waals surface area contributed by atoms with Gasteiger partial charge in [-0.15, -0.1) is 0 Å². The molecule has 1 heterocycles. The van der Waals surface area contributed by atoms with E-state index in [9.17, 15) is 9.59 Å². The van der Waals surface area contributed by atoms with Gasteiger partial charge in [-0.3, -0.25) is 9.59 Å². The molecule has 1 saturated carbocycles. The van der Waals surface area contributed by atoms with Crippen LogP contribution in [-0.4, -0.2) is 26.1 Å². The number of benzene rings is 1. The van der Waals surface area contributed by atoms with Crippen LogP contribution in [-0.2, 0) is 20.0 Å². The Morgan fingerprint density at radius 3 is 2.38 bits per heavy atom. The quantitative estimate of drug-likeness (QED) is 0.862. The lowest BCUT2D eigenvalue weighted by Crippen LogP contribution is -2.54. The number of nitrogens with one attached hydrogen (secondary N) is 1. The van der Waals surface area contributed by atoms with Crippen molar-refractivity contribution in [2.24, 2.45) is 10.8 Å². The minimum absolute atomic E-state index is 0.224. The molecule has 0 radical (unpaired) electrons. The van der Waals surface area contributed by atoms with Gasteiger partial charge in [-0.05, 0) is 17.9 Å². The molecule has 1 aliphatic heterocycles. The lowest BCUT2D eigenvalue weighted by atomic mass is 9.80. The van der Waals surface area contributed by atoms with Gasteiger partial charge in [0.2, 0.25) is 0 Å². The van der Waals surface area contributed by atoms with Crippen LogP contribution in [0.4, 0.5) is 0 Å². The highest BCUT2D eigenvalue weighted by atomic mass is 16.5. The maximum Gasteiger partial charge on any atom is 0.317 e. The lowest BCUT2D eigenvalue weighted by molar-refractivity contribution is -0.171. The average Bonchev–Trinajstić information content (AvgIpc) is 2.95. The van der Waals surface area contributed by atoms with E-state index >= 15 is 0 Å². The second-order valence-corrected chi connectivity index (χ2v) is 6.34. The fourth-order valence-electron chi connectivity index (χ4n) is 3.84. The highest BCUT2D eigenvalue weighted by molar-refractivity contribution is 6.01. The molecular weight excluding hydrogens is 270 g/mol. The first-order valence-electron chi connectivity index (χ1n) is 6.92. The van der Waals surface area contributed by atoms with E-state index in [0.717, 1.165) is 0 Å². The number of hydrogen-bond acceptors (Lipinski definition) is 4. The molecule has 1 fully saturated rings. The molecular formula is C16H19NO4. The standard InChI is InChI=1S/C16H19NO4/c1-14(2)9-15(14,13(19)20-3)16(21-4)11-8-6-5-7-10(11)12(18)17-16/h5-8H,9H2,1-4H3,(H,17,18)/t15-,16+/m1/s1. The van der Waals surface area contributed by atoms with Gasteiger partial charge in [0.1, 0.15) is 5.41 Å². The Morgan fingerprint density at radius 2 is 1.86 bits per heavy atom. The first-order valence-corrected chi connectivity index (χ1v) is 6.92. The number of carbonyl (C=O) groups is 2. The highest BCUT2D eigenvalue weighted by Gasteiger charge is 2.80. The summed E-state index contributed by atoms with van der Waals surface area (Å²) in [4.78, 5) is 24.8. The number of methoxy groups -OCH3 is 2. The molecule has 112 valence electrons. The molecule has 2 atom stereocenters. The minimum Gasteiger partial charge on any atom is -0.468 e. The number of hydrogen-bond donors (Lipinski definition) is 1. The van der Waals surface area contributed by atoms with Crippen LogP contribution in [0, 0.1) is 10.8 Å². The minimum atomic E-state index is -1.17. The van der Waals surface area contributed by atoms with E-state index in [0.29, 0.717) is 17.5 Å². The highest BCUT2D eigenvalue weighted by Crippen LogP contribution is 2.72. The molecule has 1 N–H and O–H groups in total. The molecule has 1 amide bonds. The molecule has 5 heteroatoms. The summed E-state index contributed by atoms with van der Waals surface area (Å²) >= 11 is 0. The van der Waals surface area contributed by atoms with Crippen LogP contribution in [0.1, 0.15) is 36.2 Å². The fourth-order valence-corrected chi connectivity index (χ4v) is 3.84. The third-order valence-corrected chi connectivity index (χ3v) is 5.02. The van der Waals surface area contributed by atoms with Crippen molar-refractivity contribution in [2.45, 2.75) is 26.0 Å². The summed E-state index contributed by atoms with van der Waals surface area (Å²) in [7, 11) is 2.88. The zero-order valence-electron chi connectivity index (χ0n) is 12.6. The Balaban J connectivity index is 2.24. The molecule has 0 spiro atoms. The number of esters is 1. The van der Waals surface area contributed by atoms with Crippen LogP contribution >= 0.6 is 0 Å². The molecule has 0 unspecified atom stereocenters. The van der Waals surface area contributed by atoms with Crippen LogP contribution < -0.4 is 5.32 Å². The summed E-state index contributed by atoms with van der Waals surface area (Å²) in [6.07, 6.45) is 0.592.